The number of hydrogen-bond donors (Lipinski definition) is 0. The summed E-state index contributed by atoms with van der Waals surface area (Å²) in [4.78, 5) is 14.0. The van der Waals surface area contributed by atoms with Crippen molar-refractivity contribution in [3.63, 3.8) is 0 Å². The lowest BCUT2D eigenvalue weighted by Gasteiger charge is -2.05. The SMILES string of the molecule is CCCCOc1ccc(C=C2SC(=S)N(C)C2=O)cc1. The lowest BCUT2D eigenvalue weighted by Crippen LogP contribution is -2.22. The molecule has 1 heterocycles. The van der Waals surface area contributed by atoms with Gasteiger partial charge in [-0.2, -0.15) is 0 Å². The topological polar surface area (TPSA) is 29.5 Å². The van der Waals surface area contributed by atoms with Crippen molar-refractivity contribution < 1.29 is 9.53 Å². The second-order valence-electron chi connectivity index (χ2n) is 4.51. The van der Waals surface area contributed by atoms with Crippen LogP contribution in [0.25, 0.3) is 6.08 Å². The highest BCUT2D eigenvalue weighted by Crippen LogP contribution is 2.31. The van der Waals surface area contributed by atoms with Gasteiger partial charge in [-0.3, -0.25) is 9.69 Å². The molecule has 5 heteroatoms. The number of carbonyl (C=O) groups excluding carboxylic acids is 1. The summed E-state index contributed by atoms with van der Waals surface area (Å²) in [7, 11) is 1.70. The molecule has 1 aromatic carbocycles. The predicted octanol–water partition coefficient (Wildman–Crippen LogP) is 3.70. The Kier molecular flexibility index (Phi) is 5.20. The molecule has 3 nitrogen and oxygen atoms in total. The van der Waals surface area contributed by atoms with Crippen LogP contribution in [0, 0.1) is 0 Å². The van der Waals surface area contributed by atoms with Crippen LogP contribution in [0.4, 0.5) is 0 Å². The first-order valence-corrected chi connectivity index (χ1v) is 7.78. The minimum atomic E-state index is -0.0386. The lowest BCUT2D eigenvalue weighted by molar-refractivity contribution is -0.121. The zero-order valence-electron chi connectivity index (χ0n) is 11.6. The normalized spacial score (nSPS) is 17.1. The van der Waals surface area contributed by atoms with Crippen LogP contribution in [0.15, 0.2) is 29.2 Å². The molecule has 1 aliphatic rings. The number of likely N-dealkylation sites (N-methyl/N-ethyl adjacent to an activating group) is 1. The summed E-state index contributed by atoms with van der Waals surface area (Å²) in [5, 5.41) is 0. The summed E-state index contributed by atoms with van der Waals surface area (Å²) >= 11 is 6.43. The fraction of sp³-hybridized carbons (Fsp3) is 0.333. The summed E-state index contributed by atoms with van der Waals surface area (Å²) in [5.41, 5.74) is 0.974. The number of hydrogen-bond acceptors (Lipinski definition) is 4. The Morgan fingerprint density at radius 2 is 2.05 bits per heavy atom. The van der Waals surface area contributed by atoms with Crippen LogP contribution in [0.3, 0.4) is 0 Å². The standard InChI is InChI=1S/C15H17NO2S2/c1-3-4-9-18-12-7-5-11(6-8-12)10-13-14(17)16(2)15(19)20-13/h5-8,10H,3-4,9H2,1-2H3. The van der Waals surface area contributed by atoms with E-state index in [-0.39, 0.29) is 5.91 Å². The summed E-state index contributed by atoms with van der Waals surface area (Å²) in [6.07, 6.45) is 4.04. The van der Waals surface area contributed by atoms with E-state index in [2.05, 4.69) is 6.92 Å². The van der Waals surface area contributed by atoms with Gasteiger partial charge in [0.05, 0.1) is 11.5 Å². The average molecular weight is 307 g/mol. The van der Waals surface area contributed by atoms with E-state index in [1.54, 1.807) is 7.05 Å². The van der Waals surface area contributed by atoms with Gasteiger partial charge in [0.25, 0.3) is 5.91 Å². The van der Waals surface area contributed by atoms with Gasteiger partial charge >= 0.3 is 0 Å². The Morgan fingerprint density at radius 3 is 2.60 bits per heavy atom. The lowest BCUT2D eigenvalue weighted by atomic mass is 10.2. The van der Waals surface area contributed by atoms with E-state index in [4.69, 9.17) is 17.0 Å². The van der Waals surface area contributed by atoms with E-state index in [0.717, 1.165) is 30.8 Å². The maximum absolute atomic E-state index is 11.9. The molecule has 2 rings (SSSR count). The van der Waals surface area contributed by atoms with Crippen molar-refractivity contribution in [2.24, 2.45) is 0 Å². The largest absolute Gasteiger partial charge is 0.494 e. The molecule has 0 N–H and O–H groups in total. The van der Waals surface area contributed by atoms with E-state index >= 15 is 0 Å². The molecule has 0 radical (unpaired) electrons. The zero-order valence-corrected chi connectivity index (χ0v) is 13.2. The Morgan fingerprint density at radius 1 is 1.35 bits per heavy atom. The highest BCUT2D eigenvalue weighted by molar-refractivity contribution is 8.26. The molecule has 0 atom stereocenters. The zero-order chi connectivity index (χ0) is 14.5. The molecule has 0 spiro atoms. The van der Waals surface area contributed by atoms with Crippen molar-refractivity contribution in [3.8, 4) is 5.75 Å². The van der Waals surface area contributed by atoms with Gasteiger partial charge in [0.1, 0.15) is 10.1 Å². The van der Waals surface area contributed by atoms with E-state index < -0.39 is 0 Å². The van der Waals surface area contributed by atoms with Gasteiger partial charge in [0.15, 0.2) is 0 Å². The number of nitrogens with zero attached hydrogens (tertiary/aromatic N) is 1. The second kappa shape index (κ2) is 6.90. The summed E-state index contributed by atoms with van der Waals surface area (Å²) in [6, 6.07) is 7.75. The Hall–Kier alpha value is -1.33. The number of thiocarbonyl (C=S) groups is 1. The van der Waals surface area contributed by atoms with Crippen LogP contribution in [0.5, 0.6) is 5.75 Å². The molecule has 1 aliphatic heterocycles. The molecule has 106 valence electrons. The first-order valence-electron chi connectivity index (χ1n) is 6.56. The number of carbonyl (C=O) groups is 1. The number of unbranched alkanes of at least 4 members (excludes halogenated alkanes) is 1. The molecule has 0 aliphatic carbocycles. The van der Waals surface area contributed by atoms with Crippen molar-refractivity contribution in [1.29, 1.82) is 0 Å². The van der Waals surface area contributed by atoms with E-state index in [0.29, 0.717) is 9.23 Å². The third-order valence-corrected chi connectivity index (χ3v) is 4.42. The van der Waals surface area contributed by atoms with Gasteiger partial charge in [-0.1, -0.05) is 49.5 Å². The third kappa shape index (κ3) is 3.61. The first-order chi connectivity index (χ1) is 9.61. The molecular weight excluding hydrogens is 290 g/mol. The van der Waals surface area contributed by atoms with E-state index in [1.165, 1.54) is 16.7 Å². The quantitative estimate of drug-likeness (QED) is 0.471. The fourth-order valence-corrected chi connectivity index (χ4v) is 2.87. The van der Waals surface area contributed by atoms with Crippen LogP contribution in [-0.4, -0.2) is 28.8 Å². The van der Waals surface area contributed by atoms with Gasteiger partial charge in [-0.25, -0.2) is 0 Å². The Labute approximate surface area is 129 Å². The molecule has 1 amide bonds. The van der Waals surface area contributed by atoms with Crippen LogP contribution in [0.2, 0.25) is 0 Å². The number of thioether (sulfide) groups is 1. The van der Waals surface area contributed by atoms with Crippen molar-refractivity contribution in [2.45, 2.75) is 19.8 Å². The molecule has 1 saturated heterocycles. The van der Waals surface area contributed by atoms with Crippen molar-refractivity contribution >= 4 is 40.3 Å². The van der Waals surface area contributed by atoms with Crippen molar-refractivity contribution in [2.75, 3.05) is 13.7 Å². The molecule has 0 saturated carbocycles. The average Bonchev–Trinajstić information content (AvgIpc) is 2.69. The molecule has 0 aromatic heterocycles. The highest BCUT2D eigenvalue weighted by Gasteiger charge is 2.28. The fourth-order valence-electron chi connectivity index (χ4n) is 1.69. The molecule has 0 bridgehead atoms. The van der Waals surface area contributed by atoms with Crippen LogP contribution in [0.1, 0.15) is 25.3 Å². The molecule has 20 heavy (non-hydrogen) atoms. The first kappa shape index (κ1) is 15.1. The Bertz CT molecular complexity index is 537. The Balaban J connectivity index is 2.04. The minimum Gasteiger partial charge on any atom is -0.494 e. The second-order valence-corrected chi connectivity index (χ2v) is 6.19. The van der Waals surface area contributed by atoms with Crippen molar-refractivity contribution in [3.05, 3.63) is 34.7 Å². The maximum atomic E-state index is 11.9. The van der Waals surface area contributed by atoms with Gasteiger partial charge < -0.3 is 4.74 Å². The van der Waals surface area contributed by atoms with E-state index in [9.17, 15) is 4.79 Å². The van der Waals surface area contributed by atoms with Crippen LogP contribution in [-0.2, 0) is 4.79 Å². The van der Waals surface area contributed by atoms with Gasteiger partial charge in [-0.05, 0) is 30.2 Å². The number of rotatable bonds is 5. The molecule has 1 aromatic rings. The maximum Gasteiger partial charge on any atom is 0.265 e. The smallest absolute Gasteiger partial charge is 0.265 e. The summed E-state index contributed by atoms with van der Waals surface area (Å²) in [5.74, 6) is 0.821. The number of benzene rings is 1. The molecule has 1 fully saturated rings. The predicted molar refractivity (Wildman–Crippen MR) is 87.8 cm³/mol. The summed E-state index contributed by atoms with van der Waals surface area (Å²) < 4.78 is 6.20. The van der Waals surface area contributed by atoms with E-state index in [1.807, 2.05) is 30.3 Å². The van der Waals surface area contributed by atoms with Gasteiger partial charge in [0, 0.05) is 7.05 Å². The van der Waals surface area contributed by atoms with Crippen LogP contribution >= 0.6 is 24.0 Å². The van der Waals surface area contributed by atoms with Crippen molar-refractivity contribution in [1.82, 2.24) is 4.90 Å². The highest BCUT2D eigenvalue weighted by atomic mass is 32.2. The van der Waals surface area contributed by atoms with Crippen LogP contribution < -0.4 is 4.74 Å². The molecular formula is C15H17NO2S2. The van der Waals surface area contributed by atoms with Gasteiger partial charge in [-0.15, -0.1) is 0 Å². The monoisotopic (exact) mass is 307 g/mol. The van der Waals surface area contributed by atoms with Gasteiger partial charge in [0.2, 0.25) is 0 Å². The minimum absolute atomic E-state index is 0.0386. The third-order valence-electron chi connectivity index (χ3n) is 2.93. The summed E-state index contributed by atoms with van der Waals surface area (Å²) in [6.45, 7) is 2.88. The molecule has 0 unspecified atom stereocenters. The number of ether oxygens (including phenoxy) is 1. The number of amides is 1.